The SMILES string of the molecule is COc1cc(CC(C)O)cc(F)c1OC. The van der Waals surface area contributed by atoms with Gasteiger partial charge >= 0.3 is 0 Å². The Labute approximate surface area is 88.4 Å². The number of methoxy groups -OCH3 is 2. The van der Waals surface area contributed by atoms with Crippen LogP contribution in [0, 0.1) is 5.82 Å². The van der Waals surface area contributed by atoms with Gasteiger partial charge < -0.3 is 14.6 Å². The van der Waals surface area contributed by atoms with E-state index in [0.717, 1.165) is 0 Å². The normalized spacial score (nSPS) is 12.3. The summed E-state index contributed by atoms with van der Waals surface area (Å²) in [5.41, 5.74) is 0.681. The highest BCUT2D eigenvalue weighted by Crippen LogP contribution is 2.31. The predicted molar refractivity (Wildman–Crippen MR) is 54.9 cm³/mol. The molecule has 0 aromatic heterocycles. The summed E-state index contributed by atoms with van der Waals surface area (Å²) in [5.74, 6) is -0.0486. The minimum atomic E-state index is -0.512. The maximum atomic E-state index is 13.5. The van der Waals surface area contributed by atoms with Gasteiger partial charge in [-0.15, -0.1) is 0 Å². The Hall–Kier alpha value is -1.29. The Balaban J connectivity index is 3.08. The quantitative estimate of drug-likeness (QED) is 0.830. The third kappa shape index (κ3) is 2.83. The maximum absolute atomic E-state index is 13.5. The standard InChI is InChI=1S/C11H15FO3/c1-7(13)4-8-5-9(12)11(15-3)10(6-8)14-2/h5-7,13H,4H2,1-3H3. The first-order chi connectivity index (χ1) is 7.08. The summed E-state index contributed by atoms with van der Waals surface area (Å²) in [6.07, 6.45) is -0.125. The minimum Gasteiger partial charge on any atom is -0.493 e. The number of aliphatic hydroxyl groups excluding tert-OH is 1. The zero-order valence-electron chi connectivity index (χ0n) is 9.08. The van der Waals surface area contributed by atoms with Crippen LogP contribution in [0.3, 0.4) is 0 Å². The second-order valence-corrected chi connectivity index (χ2v) is 3.37. The van der Waals surface area contributed by atoms with Gasteiger partial charge in [0, 0.05) is 0 Å². The zero-order chi connectivity index (χ0) is 11.4. The highest BCUT2D eigenvalue weighted by Gasteiger charge is 2.12. The van der Waals surface area contributed by atoms with Gasteiger partial charge in [-0.05, 0) is 31.0 Å². The van der Waals surface area contributed by atoms with Gasteiger partial charge in [0.25, 0.3) is 0 Å². The summed E-state index contributed by atoms with van der Waals surface area (Å²) in [6, 6.07) is 3.00. The van der Waals surface area contributed by atoms with Crippen molar-refractivity contribution in [1.82, 2.24) is 0 Å². The third-order valence-corrected chi connectivity index (χ3v) is 2.02. The summed E-state index contributed by atoms with van der Waals surface area (Å²) in [7, 11) is 2.83. The molecule has 3 nitrogen and oxygen atoms in total. The van der Waals surface area contributed by atoms with E-state index < -0.39 is 11.9 Å². The molecule has 1 rings (SSSR count). The molecule has 0 saturated heterocycles. The van der Waals surface area contributed by atoms with Crippen molar-refractivity contribution >= 4 is 0 Å². The number of hydrogen-bond acceptors (Lipinski definition) is 3. The molecule has 84 valence electrons. The zero-order valence-corrected chi connectivity index (χ0v) is 9.08. The second-order valence-electron chi connectivity index (χ2n) is 3.37. The van der Waals surface area contributed by atoms with Crippen molar-refractivity contribution in [2.24, 2.45) is 0 Å². The number of halogens is 1. The van der Waals surface area contributed by atoms with Crippen LogP contribution in [0.25, 0.3) is 0 Å². The molecular weight excluding hydrogens is 199 g/mol. The summed E-state index contributed by atoms with van der Waals surface area (Å²) in [4.78, 5) is 0. The molecule has 0 aliphatic rings. The number of aliphatic hydroxyl groups is 1. The first-order valence-corrected chi connectivity index (χ1v) is 4.67. The van der Waals surface area contributed by atoms with Crippen molar-refractivity contribution in [3.63, 3.8) is 0 Å². The predicted octanol–water partition coefficient (Wildman–Crippen LogP) is 1.77. The van der Waals surface area contributed by atoms with E-state index in [1.54, 1.807) is 13.0 Å². The van der Waals surface area contributed by atoms with Crippen LogP contribution in [-0.2, 0) is 6.42 Å². The van der Waals surface area contributed by atoms with Gasteiger partial charge in [0.2, 0.25) is 0 Å². The Bertz CT molecular complexity index is 337. The lowest BCUT2D eigenvalue weighted by Crippen LogP contribution is -2.05. The summed E-state index contributed by atoms with van der Waals surface area (Å²) in [5, 5.41) is 9.19. The average Bonchev–Trinajstić information content (AvgIpc) is 2.15. The lowest BCUT2D eigenvalue weighted by atomic mass is 10.1. The average molecular weight is 214 g/mol. The fraction of sp³-hybridized carbons (Fsp3) is 0.455. The van der Waals surface area contributed by atoms with Crippen molar-refractivity contribution in [3.8, 4) is 11.5 Å². The molecule has 0 aliphatic heterocycles. The summed E-state index contributed by atoms with van der Waals surface area (Å²) >= 11 is 0. The van der Waals surface area contributed by atoms with Crippen LogP contribution < -0.4 is 9.47 Å². The number of ether oxygens (including phenoxy) is 2. The topological polar surface area (TPSA) is 38.7 Å². The molecule has 1 aromatic rings. The van der Waals surface area contributed by atoms with Crippen LogP contribution in [0.2, 0.25) is 0 Å². The number of benzene rings is 1. The van der Waals surface area contributed by atoms with E-state index in [-0.39, 0.29) is 5.75 Å². The van der Waals surface area contributed by atoms with E-state index in [0.29, 0.717) is 17.7 Å². The molecule has 0 saturated carbocycles. The molecular formula is C11H15FO3. The molecule has 1 N–H and O–H groups in total. The Morgan fingerprint density at radius 2 is 2.00 bits per heavy atom. The molecule has 1 aromatic carbocycles. The van der Waals surface area contributed by atoms with Crippen LogP contribution in [0.15, 0.2) is 12.1 Å². The summed E-state index contributed by atoms with van der Waals surface area (Å²) in [6.45, 7) is 1.65. The van der Waals surface area contributed by atoms with Crippen LogP contribution >= 0.6 is 0 Å². The van der Waals surface area contributed by atoms with E-state index in [2.05, 4.69) is 0 Å². The minimum absolute atomic E-state index is 0.0897. The van der Waals surface area contributed by atoms with E-state index in [1.807, 2.05) is 0 Å². The van der Waals surface area contributed by atoms with E-state index in [4.69, 9.17) is 9.47 Å². The van der Waals surface area contributed by atoms with Gasteiger partial charge in [-0.25, -0.2) is 4.39 Å². The molecule has 0 aliphatic carbocycles. The molecule has 1 unspecified atom stereocenters. The fourth-order valence-electron chi connectivity index (χ4n) is 1.43. The Morgan fingerprint density at radius 1 is 1.33 bits per heavy atom. The lowest BCUT2D eigenvalue weighted by molar-refractivity contribution is 0.195. The van der Waals surface area contributed by atoms with Crippen LogP contribution in [0.5, 0.6) is 11.5 Å². The van der Waals surface area contributed by atoms with Gasteiger partial charge in [0.15, 0.2) is 17.3 Å². The van der Waals surface area contributed by atoms with Crippen molar-refractivity contribution in [2.45, 2.75) is 19.4 Å². The van der Waals surface area contributed by atoms with Crippen molar-refractivity contribution in [1.29, 1.82) is 0 Å². The van der Waals surface area contributed by atoms with Gasteiger partial charge in [-0.3, -0.25) is 0 Å². The molecule has 15 heavy (non-hydrogen) atoms. The molecule has 4 heteroatoms. The van der Waals surface area contributed by atoms with Crippen LogP contribution in [0.1, 0.15) is 12.5 Å². The van der Waals surface area contributed by atoms with Gasteiger partial charge in [0.1, 0.15) is 0 Å². The molecule has 0 amide bonds. The van der Waals surface area contributed by atoms with Gasteiger partial charge in [-0.1, -0.05) is 0 Å². The smallest absolute Gasteiger partial charge is 0.196 e. The molecule has 0 bridgehead atoms. The van der Waals surface area contributed by atoms with E-state index in [1.165, 1.54) is 20.3 Å². The number of rotatable bonds is 4. The Kier molecular flexibility index (Phi) is 3.91. The molecule has 0 spiro atoms. The van der Waals surface area contributed by atoms with Gasteiger partial charge in [0.05, 0.1) is 20.3 Å². The second kappa shape index (κ2) is 4.98. The maximum Gasteiger partial charge on any atom is 0.196 e. The highest BCUT2D eigenvalue weighted by molar-refractivity contribution is 5.44. The van der Waals surface area contributed by atoms with Crippen molar-refractivity contribution in [2.75, 3.05) is 14.2 Å². The monoisotopic (exact) mass is 214 g/mol. The van der Waals surface area contributed by atoms with Crippen LogP contribution in [-0.4, -0.2) is 25.4 Å². The first kappa shape index (κ1) is 11.8. The molecule has 0 fully saturated rings. The van der Waals surface area contributed by atoms with Gasteiger partial charge in [-0.2, -0.15) is 0 Å². The third-order valence-electron chi connectivity index (χ3n) is 2.02. The molecule has 0 radical (unpaired) electrons. The van der Waals surface area contributed by atoms with E-state index >= 15 is 0 Å². The molecule has 1 atom stereocenters. The Morgan fingerprint density at radius 3 is 2.47 bits per heavy atom. The highest BCUT2D eigenvalue weighted by atomic mass is 19.1. The first-order valence-electron chi connectivity index (χ1n) is 4.67. The summed E-state index contributed by atoms with van der Waals surface area (Å²) < 4.78 is 23.3. The largest absolute Gasteiger partial charge is 0.493 e. The molecule has 0 heterocycles. The number of hydrogen-bond donors (Lipinski definition) is 1. The van der Waals surface area contributed by atoms with Crippen LogP contribution in [0.4, 0.5) is 4.39 Å². The fourth-order valence-corrected chi connectivity index (χ4v) is 1.43. The lowest BCUT2D eigenvalue weighted by Gasteiger charge is -2.11. The van der Waals surface area contributed by atoms with Crippen molar-refractivity contribution in [3.05, 3.63) is 23.5 Å². The van der Waals surface area contributed by atoms with E-state index in [9.17, 15) is 9.50 Å². The van der Waals surface area contributed by atoms with Crippen molar-refractivity contribution < 1.29 is 19.0 Å².